The van der Waals surface area contributed by atoms with Crippen LogP contribution in [0.3, 0.4) is 0 Å². The Morgan fingerprint density at radius 3 is 3.00 bits per heavy atom. The summed E-state index contributed by atoms with van der Waals surface area (Å²) in [5.41, 5.74) is 4.46. The van der Waals surface area contributed by atoms with Crippen LogP contribution in [0.25, 0.3) is 0 Å². The third-order valence-corrected chi connectivity index (χ3v) is 5.72. The molecule has 0 radical (unpaired) electrons. The fourth-order valence-electron chi connectivity index (χ4n) is 4.16. The largest absolute Gasteiger partial charge is 0.508 e. The number of nitrogens with zero attached hydrogens (tertiary/aromatic N) is 1. The van der Waals surface area contributed by atoms with Crippen LogP contribution in [0.2, 0.25) is 0 Å². The van der Waals surface area contributed by atoms with E-state index in [0.29, 0.717) is 11.7 Å². The van der Waals surface area contributed by atoms with Crippen molar-refractivity contribution in [2.24, 2.45) is 11.1 Å². The number of ether oxygens (including phenoxy) is 1. The van der Waals surface area contributed by atoms with Crippen LogP contribution < -0.4 is 4.74 Å². The van der Waals surface area contributed by atoms with Crippen molar-refractivity contribution in [3.63, 3.8) is 0 Å². The van der Waals surface area contributed by atoms with Crippen molar-refractivity contribution in [2.45, 2.75) is 58.3 Å². The lowest BCUT2D eigenvalue weighted by atomic mass is 9.73. The van der Waals surface area contributed by atoms with Crippen molar-refractivity contribution in [1.82, 2.24) is 0 Å². The SMILES string of the molecule is CC/C=C(\C)C(C)c1cc(O)c2c(c1)OCC1CC/C(=N\OC)CC21. The third kappa shape index (κ3) is 3.53. The summed E-state index contributed by atoms with van der Waals surface area (Å²) in [5.74, 6) is 2.18. The number of rotatable bonds is 4. The summed E-state index contributed by atoms with van der Waals surface area (Å²) in [6, 6.07) is 4.04. The Morgan fingerprint density at radius 1 is 1.48 bits per heavy atom. The summed E-state index contributed by atoms with van der Waals surface area (Å²) < 4.78 is 6.05. The minimum absolute atomic E-state index is 0.267. The molecule has 3 rings (SSSR count). The molecule has 1 aliphatic carbocycles. The molecule has 136 valence electrons. The first-order valence-electron chi connectivity index (χ1n) is 9.30. The Bertz CT molecular complexity index is 693. The smallest absolute Gasteiger partial charge is 0.126 e. The molecule has 3 unspecified atom stereocenters. The van der Waals surface area contributed by atoms with Gasteiger partial charge in [0.05, 0.1) is 12.3 Å². The maximum Gasteiger partial charge on any atom is 0.126 e. The second-order valence-corrected chi connectivity index (χ2v) is 7.29. The molecule has 1 aliphatic heterocycles. The first kappa shape index (κ1) is 17.8. The fourth-order valence-corrected chi connectivity index (χ4v) is 4.16. The minimum atomic E-state index is 0.267. The number of phenolic OH excluding ortho intramolecular Hbond substituents is 1. The number of benzene rings is 1. The number of phenols is 1. The fraction of sp³-hybridized carbons (Fsp3) is 0.571. The molecule has 1 aromatic rings. The van der Waals surface area contributed by atoms with Gasteiger partial charge in [0.15, 0.2) is 0 Å². The molecule has 4 heteroatoms. The standard InChI is InChI=1S/C21H29NO3/c1-5-6-13(2)14(3)16-9-19(23)21-18-11-17(22-24-4)8-7-15(18)12-25-20(21)10-16/h6,9-10,14-15,18,23H,5,7-8,11-12H2,1-4H3/b13-6+,22-17+. The zero-order valence-corrected chi connectivity index (χ0v) is 15.7. The van der Waals surface area contributed by atoms with Gasteiger partial charge in [-0.3, -0.25) is 0 Å². The number of oxime groups is 1. The predicted molar refractivity (Wildman–Crippen MR) is 101 cm³/mol. The average molecular weight is 343 g/mol. The molecule has 0 bridgehead atoms. The van der Waals surface area contributed by atoms with Gasteiger partial charge in [-0.15, -0.1) is 0 Å². The van der Waals surface area contributed by atoms with Gasteiger partial charge >= 0.3 is 0 Å². The van der Waals surface area contributed by atoms with Crippen molar-refractivity contribution in [3.8, 4) is 11.5 Å². The number of hydrogen-bond acceptors (Lipinski definition) is 4. The highest BCUT2D eigenvalue weighted by Crippen LogP contribution is 2.49. The topological polar surface area (TPSA) is 51.0 Å². The third-order valence-electron chi connectivity index (χ3n) is 5.72. The molecule has 2 aliphatic rings. The van der Waals surface area contributed by atoms with E-state index in [1.165, 1.54) is 5.57 Å². The molecule has 0 spiro atoms. The van der Waals surface area contributed by atoms with E-state index in [1.807, 2.05) is 6.07 Å². The summed E-state index contributed by atoms with van der Waals surface area (Å²) in [4.78, 5) is 4.97. The Morgan fingerprint density at radius 2 is 2.28 bits per heavy atom. The van der Waals surface area contributed by atoms with E-state index in [-0.39, 0.29) is 11.8 Å². The molecule has 25 heavy (non-hydrogen) atoms. The quantitative estimate of drug-likeness (QED) is 0.609. The predicted octanol–water partition coefficient (Wildman–Crippen LogP) is 5.13. The van der Waals surface area contributed by atoms with E-state index < -0.39 is 0 Å². The number of fused-ring (bicyclic) bond motifs is 3. The molecule has 1 aromatic carbocycles. The van der Waals surface area contributed by atoms with Crippen LogP contribution in [0, 0.1) is 5.92 Å². The maximum absolute atomic E-state index is 10.8. The zero-order chi connectivity index (χ0) is 18.0. The molecular formula is C21H29NO3. The van der Waals surface area contributed by atoms with Gasteiger partial charge < -0.3 is 14.7 Å². The minimum Gasteiger partial charge on any atom is -0.508 e. The molecule has 3 atom stereocenters. The van der Waals surface area contributed by atoms with E-state index in [4.69, 9.17) is 9.57 Å². The highest BCUT2D eigenvalue weighted by atomic mass is 16.6. The second kappa shape index (κ2) is 7.51. The maximum atomic E-state index is 10.8. The lowest BCUT2D eigenvalue weighted by Crippen LogP contribution is -2.32. The molecule has 1 N–H and O–H groups in total. The van der Waals surface area contributed by atoms with Gasteiger partial charge in [0.1, 0.15) is 18.6 Å². The number of aromatic hydroxyl groups is 1. The number of allylic oxidation sites excluding steroid dienone is 2. The molecule has 4 nitrogen and oxygen atoms in total. The van der Waals surface area contributed by atoms with Gasteiger partial charge in [-0.25, -0.2) is 0 Å². The monoisotopic (exact) mass is 343 g/mol. The average Bonchev–Trinajstić information content (AvgIpc) is 2.60. The van der Waals surface area contributed by atoms with Gasteiger partial charge in [-0.05, 0) is 50.3 Å². The van der Waals surface area contributed by atoms with Gasteiger partial charge in [0.25, 0.3) is 0 Å². The molecule has 0 saturated heterocycles. The Kier molecular flexibility index (Phi) is 5.36. The highest BCUT2D eigenvalue weighted by molar-refractivity contribution is 5.86. The van der Waals surface area contributed by atoms with Crippen molar-refractivity contribution < 1.29 is 14.7 Å². The Balaban J connectivity index is 1.94. The highest BCUT2D eigenvalue weighted by Gasteiger charge is 2.37. The van der Waals surface area contributed by atoms with E-state index in [2.05, 4.69) is 38.1 Å². The summed E-state index contributed by atoms with van der Waals surface area (Å²) in [6.07, 6.45) is 6.08. The van der Waals surface area contributed by atoms with Crippen molar-refractivity contribution >= 4 is 5.71 Å². The summed E-state index contributed by atoms with van der Waals surface area (Å²) in [5, 5.41) is 14.9. The van der Waals surface area contributed by atoms with Gasteiger partial charge in [-0.2, -0.15) is 0 Å². The first-order valence-corrected chi connectivity index (χ1v) is 9.30. The molecule has 1 fully saturated rings. The Labute approximate surface area is 150 Å². The van der Waals surface area contributed by atoms with Crippen LogP contribution >= 0.6 is 0 Å². The van der Waals surface area contributed by atoms with Crippen LogP contribution in [0.15, 0.2) is 28.9 Å². The van der Waals surface area contributed by atoms with Crippen LogP contribution in [-0.2, 0) is 4.84 Å². The van der Waals surface area contributed by atoms with Gasteiger partial charge in [0.2, 0.25) is 0 Å². The lowest BCUT2D eigenvalue weighted by Gasteiger charge is -2.38. The van der Waals surface area contributed by atoms with E-state index in [1.54, 1.807) is 7.11 Å². The summed E-state index contributed by atoms with van der Waals surface area (Å²) >= 11 is 0. The van der Waals surface area contributed by atoms with Crippen LogP contribution in [0.1, 0.15) is 69.4 Å². The van der Waals surface area contributed by atoms with Crippen LogP contribution in [-0.4, -0.2) is 24.5 Å². The molecule has 1 heterocycles. The molecular weight excluding hydrogens is 314 g/mol. The van der Waals surface area contributed by atoms with E-state index in [9.17, 15) is 5.11 Å². The molecule has 0 aromatic heterocycles. The van der Waals surface area contributed by atoms with Crippen molar-refractivity contribution in [3.05, 3.63) is 34.9 Å². The molecule has 1 saturated carbocycles. The normalized spacial score (nSPS) is 25.8. The van der Waals surface area contributed by atoms with Crippen molar-refractivity contribution in [2.75, 3.05) is 13.7 Å². The van der Waals surface area contributed by atoms with Gasteiger partial charge in [0, 0.05) is 23.3 Å². The lowest BCUT2D eigenvalue weighted by molar-refractivity contribution is 0.171. The van der Waals surface area contributed by atoms with E-state index >= 15 is 0 Å². The van der Waals surface area contributed by atoms with Gasteiger partial charge in [-0.1, -0.05) is 30.7 Å². The van der Waals surface area contributed by atoms with Crippen molar-refractivity contribution in [1.29, 1.82) is 0 Å². The zero-order valence-electron chi connectivity index (χ0n) is 15.7. The van der Waals surface area contributed by atoms with E-state index in [0.717, 1.165) is 54.9 Å². The summed E-state index contributed by atoms with van der Waals surface area (Å²) in [6.45, 7) is 7.19. The summed E-state index contributed by atoms with van der Waals surface area (Å²) in [7, 11) is 1.59. The Hall–Kier alpha value is -1.97. The van der Waals surface area contributed by atoms with Crippen LogP contribution in [0.5, 0.6) is 11.5 Å². The molecule has 0 amide bonds. The first-order chi connectivity index (χ1) is 12.0. The second-order valence-electron chi connectivity index (χ2n) is 7.29. The van der Waals surface area contributed by atoms with Crippen LogP contribution in [0.4, 0.5) is 0 Å². The number of hydrogen-bond donors (Lipinski definition) is 1.